The molecule has 1 aromatic carbocycles. The molecule has 124 valence electrons. The van der Waals surface area contributed by atoms with Gasteiger partial charge in [-0.25, -0.2) is 0 Å². The molecule has 0 amide bonds. The zero-order valence-corrected chi connectivity index (χ0v) is 13.6. The smallest absolute Gasteiger partial charge is 0.316 e. The molecule has 3 heterocycles. The van der Waals surface area contributed by atoms with E-state index in [2.05, 4.69) is 14.1 Å². The Morgan fingerprint density at radius 3 is 2.43 bits per heavy atom. The molecule has 0 spiro atoms. The number of carbonyl (C=O) groups is 1. The van der Waals surface area contributed by atoms with Crippen LogP contribution < -0.4 is 0 Å². The Morgan fingerprint density at radius 1 is 1.26 bits per heavy atom. The Balaban J connectivity index is 1.44. The molecular weight excluding hydrogens is 294 g/mol. The monoisotopic (exact) mass is 318 g/mol. The van der Waals surface area contributed by atoms with E-state index in [1.54, 1.807) is 0 Å². The van der Waals surface area contributed by atoms with Crippen molar-refractivity contribution >= 4 is 5.97 Å². The van der Waals surface area contributed by atoms with Crippen LogP contribution in [0.1, 0.15) is 24.3 Å². The molecule has 3 aliphatic heterocycles. The summed E-state index contributed by atoms with van der Waals surface area (Å²) in [6.45, 7) is -0.224. The second-order valence-corrected chi connectivity index (χ2v) is 7.51. The first-order valence-electron chi connectivity index (χ1n) is 8.37. The van der Waals surface area contributed by atoms with Gasteiger partial charge >= 0.3 is 5.97 Å². The number of quaternary nitrogens is 1. The Labute approximate surface area is 136 Å². The van der Waals surface area contributed by atoms with Crippen molar-refractivity contribution in [3.8, 4) is 0 Å². The fourth-order valence-corrected chi connectivity index (χ4v) is 4.55. The quantitative estimate of drug-likeness (QED) is 0.512. The van der Waals surface area contributed by atoms with Gasteiger partial charge in [0.25, 0.3) is 0 Å². The minimum atomic E-state index is -0.593. The lowest BCUT2D eigenvalue weighted by atomic mass is 9.95. The third-order valence-corrected chi connectivity index (χ3v) is 5.99. The number of nitrogens with zero attached hydrogens (tertiary/aromatic N) is 1. The zero-order chi connectivity index (χ0) is 16.2. The van der Waals surface area contributed by atoms with Crippen LogP contribution in [0.4, 0.5) is 0 Å². The number of fused-ring (bicyclic) bond motifs is 5. The van der Waals surface area contributed by atoms with Crippen molar-refractivity contribution in [3.05, 3.63) is 35.9 Å². The molecule has 1 aromatic rings. The number of piperidine rings is 1. The summed E-state index contributed by atoms with van der Waals surface area (Å²) in [4.78, 5) is 12.5. The van der Waals surface area contributed by atoms with E-state index in [9.17, 15) is 9.90 Å². The molecule has 0 saturated carbocycles. The molecule has 1 N–H and O–H groups in total. The molecule has 3 aliphatic rings. The van der Waals surface area contributed by atoms with Crippen molar-refractivity contribution in [2.45, 2.75) is 49.2 Å². The maximum Gasteiger partial charge on any atom is 0.316 e. The molecule has 0 radical (unpaired) electrons. The summed E-state index contributed by atoms with van der Waals surface area (Å²) >= 11 is 0. The molecule has 23 heavy (non-hydrogen) atoms. The van der Waals surface area contributed by atoms with Crippen molar-refractivity contribution in [1.29, 1.82) is 0 Å². The Kier molecular flexibility index (Phi) is 3.48. The predicted molar refractivity (Wildman–Crippen MR) is 83.7 cm³/mol. The number of esters is 1. The molecule has 4 rings (SSSR count). The molecule has 3 saturated heterocycles. The summed E-state index contributed by atoms with van der Waals surface area (Å²) in [5, 5.41) is 9.60. The van der Waals surface area contributed by atoms with Crippen LogP contribution in [0, 0.1) is 0 Å². The largest absolute Gasteiger partial charge is 0.461 e. The summed E-state index contributed by atoms with van der Waals surface area (Å²) in [7, 11) is 4.51. The number of epoxide rings is 1. The van der Waals surface area contributed by atoms with Crippen molar-refractivity contribution in [3.63, 3.8) is 0 Å². The lowest BCUT2D eigenvalue weighted by Crippen LogP contribution is -2.60. The summed E-state index contributed by atoms with van der Waals surface area (Å²) in [5.74, 6) is -0.908. The van der Waals surface area contributed by atoms with Gasteiger partial charge in [-0.1, -0.05) is 30.3 Å². The molecule has 0 aromatic heterocycles. The highest BCUT2D eigenvalue weighted by molar-refractivity contribution is 5.78. The molecule has 3 fully saturated rings. The van der Waals surface area contributed by atoms with E-state index < -0.39 is 5.92 Å². The number of benzene rings is 1. The Hall–Kier alpha value is -1.43. The number of ether oxygens (including phenoxy) is 2. The van der Waals surface area contributed by atoms with Gasteiger partial charge in [0.2, 0.25) is 0 Å². The van der Waals surface area contributed by atoms with Gasteiger partial charge in [-0.3, -0.25) is 4.79 Å². The van der Waals surface area contributed by atoms with Gasteiger partial charge in [0, 0.05) is 12.8 Å². The number of aliphatic hydroxyl groups excluding tert-OH is 1. The van der Waals surface area contributed by atoms with Crippen molar-refractivity contribution < 1.29 is 23.9 Å². The first-order valence-corrected chi connectivity index (χ1v) is 8.37. The van der Waals surface area contributed by atoms with Crippen molar-refractivity contribution in [1.82, 2.24) is 0 Å². The number of rotatable bonds is 4. The van der Waals surface area contributed by atoms with Crippen LogP contribution in [0.15, 0.2) is 30.3 Å². The molecule has 1 unspecified atom stereocenters. The van der Waals surface area contributed by atoms with Crippen LogP contribution in [-0.2, 0) is 14.3 Å². The van der Waals surface area contributed by atoms with Crippen LogP contribution in [0.3, 0.4) is 0 Å². The number of carbonyl (C=O) groups excluding carboxylic acids is 1. The number of likely N-dealkylation sites (N-methyl/N-ethyl adjacent to an activating group) is 1. The molecule has 2 bridgehead atoms. The van der Waals surface area contributed by atoms with Gasteiger partial charge in [0.1, 0.15) is 36.3 Å². The first kappa shape index (κ1) is 15.1. The van der Waals surface area contributed by atoms with Gasteiger partial charge in [0.15, 0.2) is 0 Å². The highest BCUT2D eigenvalue weighted by atomic mass is 16.6. The Morgan fingerprint density at radius 2 is 1.87 bits per heavy atom. The van der Waals surface area contributed by atoms with Gasteiger partial charge in [-0.05, 0) is 5.56 Å². The third-order valence-electron chi connectivity index (χ3n) is 5.99. The first-order chi connectivity index (χ1) is 11.0. The molecule has 6 atom stereocenters. The topological polar surface area (TPSA) is 59.1 Å². The summed E-state index contributed by atoms with van der Waals surface area (Å²) < 4.78 is 12.5. The second kappa shape index (κ2) is 5.30. The lowest BCUT2D eigenvalue weighted by molar-refractivity contribution is -0.938. The number of hydrogen-bond acceptors (Lipinski definition) is 4. The predicted octanol–water partition coefficient (Wildman–Crippen LogP) is 1.06. The fraction of sp³-hybridized carbons (Fsp3) is 0.611. The van der Waals surface area contributed by atoms with E-state index >= 15 is 0 Å². The van der Waals surface area contributed by atoms with Crippen LogP contribution in [-0.4, -0.2) is 66.7 Å². The molecular formula is C18H24NO4+. The van der Waals surface area contributed by atoms with Gasteiger partial charge in [-0.15, -0.1) is 0 Å². The van der Waals surface area contributed by atoms with Gasteiger partial charge in [0.05, 0.1) is 20.7 Å². The summed E-state index contributed by atoms with van der Waals surface area (Å²) in [5.41, 5.74) is 0.807. The van der Waals surface area contributed by atoms with E-state index in [-0.39, 0.29) is 18.7 Å². The average molecular weight is 318 g/mol. The van der Waals surface area contributed by atoms with E-state index in [1.807, 2.05) is 30.3 Å². The van der Waals surface area contributed by atoms with Crippen LogP contribution in [0.2, 0.25) is 0 Å². The minimum absolute atomic E-state index is 0.0576. The third kappa shape index (κ3) is 2.38. The maximum absolute atomic E-state index is 12.5. The standard InChI is InChI=1S/C18H24NO4/c1-19(2)14-8-12(9-15(19)17-16(14)23-17)22-18(21)13(10-20)11-6-4-3-5-7-11/h3-7,12-17,20H,8-10H2,1-2H3/q+1/t12?,13-,14-,15-,16-,17+/m0/s1. The highest BCUT2D eigenvalue weighted by Crippen LogP contribution is 2.51. The van der Waals surface area contributed by atoms with Crippen molar-refractivity contribution in [2.24, 2.45) is 0 Å². The second-order valence-electron chi connectivity index (χ2n) is 7.51. The molecule has 5 nitrogen and oxygen atoms in total. The van der Waals surface area contributed by atoms with Gasteiger partial charge in [-0.2, -0.15) is 0 Å². The van der Waals surface area contributed by atoms with Crippen molar-refractivity contribution in [2.75, 3.05) is 20.7 Å². The Bertz CT molecular complexity index is 582. The average Bonchev–Trinajstić information content (AvgIpc) is 3.27. The van der Waals surface area contributed by atoms with E-state index in [1.165, 1.54) is 0 Å². The minimum Gasteiger partial charge on any atom is -0.461 e. The number of aliphatic hydroxyl groups is 1. The normalized spacial score (nSPS) is 37.8. The van der Waals surface area contributed by atoms with E-state index in [4.69, 9.17) is 9.47 Å². The fourth-order valence-electron chi connectivity index (χ4n) is 4.55. The van der Waals surface area contributed by atoms with Crippen LogP contribution in [0.25, 0.3) is 0 Å². The SMILES string of the molecule is C[N+]1(C)[C@H]2CC(OC(=O)[C@@H](CO)c3ccccc3)C[C@H]1[C@H]1O[C@H]12. The highest BCUT2D eigenvalue weighted by Gasteiger charge is 2.70. The summed E-state index contributed by atoms with van der Waals surface area (Å²) in [6.07, 6.45) is 2.34. The van der Waals surface area contributed by atoms with E-state index in [0.29, 0.717) is 24.3 Å². The number of morpholine rings is 1. The van der Waals surface area contributed by atoms with Gasteiger partial charge < -0.3 is 19.1 Å². The lowest BCUT2D eigenvalue weighted by Gasteiger charge is -2.45. The molecule has 5 heteroatoms. The zero-order valence-electron chi connectivity index (χ0n) is 13.6. The molecule has 0 aliphatic carbocycles. The van der Waals surface area contributed by atoms with Crippen LogP contribution >= 0.6 is 0 Å². The number of hydrogen-bond donors (Lipinski definition) is 1. The summed E-state index contributed by atoms with van der Waals surface area (Å²) in [6, 6.07) is 10.2. The van der Waals surface area contributed by atoms with Crippen LogP contribution in [0.5, 0.6) is 0 Å². The maximum atomic E-state index is 12.5. The van der Waals surface area contributed by atoms with E-state index in [0.717, 1.165) is 22.9 Å².